The maximum atomic E-state index is 4.46. The van der Waals surface area contributed by atoms with Crippen molar-refractivity contribution in [3.05, 3.63) is 46.2 Å². The minimum Gasteiger partial charge on any atom is -0.297 e. The van der Waals surface area contributed by atoms with E-state index in [9.17, 15) is 0 Å². The van der Waals surface area contributed by atoms with E-state index in [0.29, 0.717) is 6.04 Å². The Morgan fingerprint density at radius 1 is 1.39 bits per heavy atom. The van der Waals surface area contributed by atoms with Crippen LogP contribution in [-0.4, -0.2) is 28.0 Å². The summed E-state index contributed by atoms with van der Waals surface area (Å²) < 4.78 is 0. The molecule has 2 aromatic rings. The lowest BCUT2D eigenvalue weighted by Gasteiger charge is -2.24. The number of pyridine rings is 1. The number of nitrogens with zero attached hydrogens (tertiary/aromatic N) is 3. The zero-order valence-electron chi connectivity index (χ0n) is 11.1. The number of hydrogen-bond acceptors (Lipinski definition) is 4. The predicted octanol–water partition coefficient (Wildman–Crippen LogP) is 2.91. The normalized spacial score (nSPS) is 12.9. The smallest absolute Gasteiger partial charge is 0.0795 e. The Morgan fingerprint density at radius 3 is 2.89 bits per heavy atom. The van der Waals surface area contributed by atoms with Crippen LogP contribution >= 0.6 is 11.3 Å². The monoisotopic (exact) mass is 261 g/mol. The van der Waals surface area contributed by atoms with Gasteiger partial charge in [0.05, 0.1) is 11.2 Å². The molecule has 18 heavy (non-hydrogen) atoms. The van der Waals surface area contributed by atoms with Crippen LogP contribution in [0.25, 0.3) is 0 Å². The van der Waals surface area contributed by atoms with Crippen LogP contribution < -0.4 is 0 Å². The first kappa shape index (κ1) is 13.2. The fourth-order valence-corrected chi connectivity index (χ4v) is 2.44. The summed E-state index contributed by atoms with van der Waals surface area (Å²) in [4.78, 5) is 11.1. The molecule has 0 spiro atoms. The van der Waals surface area contributed by atoms with Crippen LogP contribution in [0.2, 0.25) is 0 Å². The lowest BCUT2D eigenvalue weighted by molar-refractivity contribution is 0.244. The van der Waals surface area contributed by atoms with E-state index in [4.69, 9.17) is 0 Å². The second-order valence-corrected chi connectivity index (χ2v) is 5.43. The zero-order valence-corrected chi connectivity index (χ0v) is 11.9. The Bertz CT molecular complexity index is 482. The van der Waals surface area contributed by atoms with Crippen molar-refractivity contribution in [2.24, 2.45) is 0 Å². The van der Waals surface area contributed by atoms with E-state index in [-0.39, 0.29) is 0 Å². The molecule has 0 saturated heterocycles. The van der Waals surface area contributed by atoms with Gasteiger partial charge in [0.1, 0.15) is 0 Å². The van der Waals surface area contributed by atoms with E-state index in [1.54, 1.807) is 11.3 Å². The summed E-state index contributed by atoms with van der Waals surface area (Å²) in [5.41, 5.74) is 5.49. The lowest BCUT2D eigenvalue weighted by atomic mass is 10.1. The highest BCUT2D eigenvalue weighted by atomic mass is 32.1. The molecular formula is C14H19N3S. The highest BCUT2D eigenvalue weighted by Gasteiger charge is 2.13. The molecule has 4 heteroatoms. The van der Waals surface area contributed by atoms with Crippen LogP contribution in [0.5, 0.6) is 0 Å². The Labute approximate surface area is 113 Å². The number of aromatic nitrogens is 2. The average molecular weight is 261 g/mol. The molecule has 0 aliphatic rings. The average Bonchev–Trinajstić information content (AvgIpc) is 2.84. The van der Waals surface area contributed by atoms with Gasteiger partial charge in [-0.3, -0.25) is 9.88 Å². The van der Waals surface area contributed by atoms with Gasteiger partial charge < -0.3 is 0 Å². The maximum absolute atomic E-state index is 4.46. The van der Waals surface area contributed by atoms with Crippen LogP contribution in [0.3, 0.4) is 0 Å². The van der Waals surface area contributed by atoms with Gasteiger partial charge in [-0.2, -0.15) is 0 Å². The third-order valence-electron chi connectivity index (χ3n) is 3.25. The van der Waals surface area contributed by atoms with Gasteiger partial charge in [0.25, 0.3) is 0 Å². The van der Waals surface area contributed by atoms with Gasteiger partial charge in [0.15, 0.2) is 0 Å². The first-order valence-corrected chi connectivity index (χ1v) is 7.09. The maximum Gasteiger partial charge on any atom is 0.0795 e. The fourth-order valence-electron chi connectivity index (χ4n) is 1.89. The van der Waals surface area contributed by atoms with Gasteiger partial charge in [0, 0.05) is 36.3 Å². The van der Waals surface area contributed by atoms with Crippen molar-refractivity contribution in [3.8, 4) is 0 Å². The minimum atomic E-state index is 0.459. The molecule has 96 valence electrons. The highest BCUT2D eigenvalue weighted by molar-refractivity contribution is 7.07. The van der Waals surface area contributed by atoms with E-state index in [2.05, 4.69) is 47.2 Å². The van der Waals surface area contributed by atoms with Crippen molar-refractivity contribution >= 4 is 11.3 Å². The van der Waals surface area contributed by atoms with Crippen LogP contribution in [0.15, 0.2) is 29.2 Å². The van der Waals surface area contributed by atoms with Gasteiger partial charge in [-0.15, -0.1) is 11.3 Å². The first-order valence-electron chi connectivity index (χ1n) is 6.14. The molecule has 0 fully saturated rings. The second kappa shape index (κ2) is 6.07. The van der Waals surface area contributed by atoms with Crippen LogP contribution in [0.4, 0.5) is 0 Å². The molecule has 2 aromatic heterocycles. The summed E-state index contributed by atoms with van der Waals surface area (Å²) >= 11 is 1.65. The Hall–Kier alpha value is -1.26. The van der Waals surface area contributed by atoms with Gasteiger partial charge in [-0.1, -0.05) is 6.07 Å². The van der Waals surface area contributed by atoms with Gasteiger partial charge >= 0.3 is 0 Å². The predicted molar refractivity (Wildman–Crippen MR) is 75.7 cm³/mol. The number of likely N-dealkylation sites (N-methyl/N-ethyl adjacent to an activating group) is 1. The molecule has 0 radical (unpaired) electrons. The second-order valence-electron chi connectivity index (χ2n) is 4.72. The Balaban J connectivity index is 1.95. The summed E-state index contributed by atoms with van der Waals surface area (Å²) in [6, 6.07) is 4.57. The molecule has 0 N–H and O–H groups in total. The molecule has 1 atom stereocenters. The van der Waals surface area contributed by atoms with Crippen molar-refractivity contribution in [1.82, 2.24) is 14.9 Å². The third-order valence-corrected chi connectivity index (χ3v) is 3.89. The minimum absolute atomic E-state index is 0.459. The summed E-state index contributed by atoms with van der Waals surface area (Å²) in [6.07, 6.45) is 2.85. The molecule has 2 heterocycles. The summed E-state index contributed by atoms with van der Waals surface area (Å²) in [7, 11) is 2.14. The third kappa shape index (κ3) is 3.37. The molecule has 0 aliphatic heterocycles. The van der Waals surface area contributed by atoms with E-state index in [0.717, 1.165) is 18.7 Å². The number of aryl methyl sites for hydroxylation is 1. The first-order chi connectivity index (χ1) is 8.66. The van der Waals surface area contributed by atoms with Gasteiger partial charge in [-0.05, 0) is 32.5 Å². The Kier molecular flexibility index (Phi) is 4.44. The molecule has 0 bridgehead atoms. The van der Waals surface area contributed by atoms with Crippen molar-refractivity contribution in [3.63, 3.8) is 0 Å². The quantitative estimate of drug-likeness (QED) is 0.828. The number of hydrogen-bond donors (Lipinski definition) is 0. The summed E-state index contributed by atoms with van der Waals surface area (Å²) in [6.45, 7) is 5.26. The van der Waals surface area contributed by atoms with E-state index in [1.165, 1.54) is 11.3 Å². The van der Waals surface area contributed by atoms with Crippen molar-refractivity contribution in [1.29, 1.82) is 0 Å². The molecular weight excluding hydrogens is 242 g/mol. The van der Waals surface area contributed by atoms with Crippen LogP contribution in [0, 0.1) is 6.92 Å². The Morgan fingerprint density at radius 2 is 2.22 bits per heavy atom. The van der Waals surface area contributed by atoms with Crippen molar-refractivity contribution in [2.45, 2.75) is 32.9 Å². The highest BCUT2D eigenvalue weighted by Crippen LogP contribution is 2.12. The number of thiazole rings is 1. The van der Waals surface area contributed by atoms with Gasteiger partial charge in [0.2, 0.25) is 0 Å². The molecule has 2 rings (SSSR count). The standard InChI is InChI=1S/C14H19N3S/c1-11-5-4-6-15-14(11)7-12(2)17(3)8-13-9-18-10-16-13/h4-6,9-10,12H,7-8H2,1-3H3/t12-/m0/s1. The van der Waals surface area contributed by atoms with Crippen LogP contribution in [0.1, 0.15) is 23.9 Å². The molecule has 0 amide bonds. The van der Waals surface area contributed by atoms with Crippen molar-refractivity contribution < 1.29 is 0 Å². The van der Waals surface area contributed by atoms with E-state index in [1.807, 2.05) is 17.8 Å². The number of rotatable bonds is 5. The molecule has 0 aromatic carbocycles. The fraction of sp³-hybridized carbons (Fsp3) is 0.429. The SMILES string of the molecule is Cc1cccnc1C[C@H](C)N(C)Cc1cscn1. The van der Waals surface area contributed by atoms with Gasteiger partial charge in [-0.25, -0.2) is 4.98 Å². The summed E-state index contributed by atoms with van der Waals surface area (Å²) in [5.74, 6) is 0. The lowest BCUT2D eigenvalue weighted by Crippen LogP contribution is -2.31. The largest absolute Gasteiger partial charge is 0.297 e. The van der Waals surface area contributed by atoms with E-state index < -0.39 is 0 Å². The van der Waals surface area contributed by atoms with Crippen LogP contribution in [-0.2, 0) is 13.0 Å². The van der Waals surface area contributed by atoms with E-state index >= 15 is 0 Å². The van der Waals surface area contributed by atoms with Crippen molar-refractivity contribution in [2.75, 3.05) is 7.05 Å². The molecule has 0 aliphatic carbocycles. The zero-order chi connectivity index (χ0) is 13.0. The summed E-state index contributed by atoms with van der Waals surface area (Å²) in [5, 5.41) is 2.11. The molecule has 0 unspecified atom stereocenters. The molecule has 3 nitrogen and oxygen atoms in total. The molecule has 0 saturated carbocycles. The topological polar surface area (TPSA) is 29.0 Å².